The number of alkyl halides is 18. The van der Waals surface area contributed by atoms with Crippen molar-refractivity contribution in [3.8, 4) is 0 Å². The van der Waals surface area contributed by atoms with Crippen LogP contribution in [0.15, 0.2) is 0 Å². The highest BCUT2D eigenvalue weighted by atomic mass is 19.4. The molecule has 0 aromatic rings. The summed E-state index contributed by atoms with van der Waals surface area (Å²) in [6, 6.07) is 0. The first kappa shape index (κ1) is 156. The summed E-state index contributed by atoms with van der Waals surface area (Å²) >= 11 is 0. The molecule has 0 fully saturated rings. The summed E-state index contributed by atoms with van der Waals surface area (Å²) in [4.78, 5) is 116. The second-order valence-electron chi connectivity index (χ2n) is 51.3. The van der Waals surface area contributed by atoms with Gasteiger partial charge < -0.3 is 68.6 Å². The molecule has 0 amide bonds. The molecule has 0 aromatic heterocycles. The average molecular weight is 2200 g/mol. The summed E-state index contributed by atoms with van der Waals surface area (Å²) in [5, 5.41) is 34.4. The van der Waals surface area contributed by atoms with Crippen molar-refractivity contribution in [1.82, 2.24) is 10.6 Å². The second kappa shape index (κ2) is 57.1. The Balaban J connectivity index is -0.000000356. The lowest BCUT2D eigenvalue weighted by atomic mass is 9.65. The first-order chi connectivity index (χ1) is 64.2. The third kappa shape index (κ3) is 56.3. The number of halogens is 18. The Hall–Kier alpha value is -6.23. The predicted octanol–water partition coefficient (Wildman–Crippen LogP) is 28.5. The molecule has 0 rings (SSSR count). The van der Waals surface area contributed by atoms with Crippen molar-refractivity contribution in [2.75, 3.05) is 26.3 Å². The molecule has 0 aliphatic carbocycles. The molecule has 0 saturated carbocycles. The van der Waals surface area contributed by atoms with Gasteiger partial charge in [0.2, 0.25) is 0 Å². The van der Waals surface area contributed by atoms with E-state index in [-0.39, 0.29) is 96.0 Å². The minimum absolute atomic E-state index is 0. The normalized spacial score (nSPS) is 17.0. The van der Waals surface area contributed by atoms with Crippen molar-refractivity contribution in [2.24, 2.45) is 77.3 Å². The highest BCUT2D eigenvalue weighted by Crippen LogP contribution is 2.51. The van der Waals surface area contributed by atoms with E-state index in [1.165, 1.54) is 41.5 Å². The highest BCUT2D eigenvalue weighted by molar-refractivity contribution is 5.84. The number of hydrogen-bond acceptors (Lipinski definition) is 23. The Morgan fingerprint density at radius 2 is 0.510 bits per heavy atom. The Kier molecular flexibility index (Phi) is 59.7. The maximum atomic E-state index is 14.0. The van der Waals surface area contributed by atoms with Crippen molar-refractivity contribution >= 4 is 53.7 Å². The van der Waals surface area contributed by atoms with Gasteiger partial charge in [-0.25, -0.2) is 0 Å². The molecule has 11 unspecified atom stereocenters. The molecule has 41 heteroatoms. The number of rotatable bonds is 48. The standard InChI is InChI=1S/C36H63F6NO7.C26H47F3O5.C17H29F3O4.C15H27F3O3.C12H22F3NO2.2CH4/c1-16-32(13,27(46)49-24(17-23(2)3)18-34(15,47)36(40,41)42)20-33(14,26(45)48-22-30(9,10)43-21-35(37,38)39)19-29(7,8)25(44)50-31(11,12)28(4,5)6;1-13-24(11,16-22(7,8)19(30)34-23(9,10)21(4,5)6)20(31)33-18(14-17(2)3)15-25(12,32)26(27,28)29;1-9-16(8,13(22)24-14(3,4)5)10-15(6,7)12(21)23-11(2)17(18,19)20;1-7-13(4,5)12(19)21-11(8-10(2)3)9-14(6,20)15(16,17)18;1-6-10(2,3)9(17)18-8-11(4,5)16-7-12(13,14)15;;/h23-24,43,47H,16-22H2,1-15H3;17-18,32H,13-16H2,1-12H3;11H,9-10H2,1-8H3;10-11,20H,7-9H2,1-6H3;16H,6-8H2,1-5H3;2*1H4. The van der Waals surface area contributed by atoms with Gasteiger partial charge in [-0.2, -0.15) is 79.0 Å². The molecule has 149 heavy (non-hydrogen) atoms. The van der Waals surface area contributed by atoms with Gasteiger partial charge in [-0.15, -0.1) is 0 Å². The smallest absolute Gasteiger partial charge is 0.425 e. The van der Waals surface area contributed by atoms with E-state index in [2.05, 4.69) is 15.4 Å². The van der Waals surface area contributed by atoms with Gasteiger partial charge in [0, 0.05) is 41.2 Å². The lowest BCUT2D eigenvalue weighted by Crippen LogP contribution is -2.50. The zero-order valence-corrected chi connectivity index (χ0v) is 97.0. The van der Waals surface area contributed by atoms with E-state index in [9.17, 15) is 137 Å². The van der Waals surface area contributed by atoms with Crippen LogP contribution in [0.2, 0.25) is 0 Å². The quantitative estimate of drug-likeness (QED) is 0.0215. The molecule has 11 atom stereocenters. The van der Waals surface area contributed by atoms with E-state index in [0.717, 1.165) is 6.92 Å². The third-order valence-corrected chi connectivity index (χ3v) is 27.0. The van der Waals surface area contributed by atoms with Gasteiger partial charge >= 0.3 is 90.8 Å². The average Bonchev–Trinajstić information content (AvgIpc) is 0.749. The van der Waals surface area contributed by atoms with Crippen LogP contribution in [-0.4, -0.2) is 202 Å². The van der Waals surface area contributed by atoms with Gasteiger partial charge in [0.15, 0.2) is 22.9 Å². The monoisotopic (exact) mass is 2200 g/mol. The van der Waals surface area contributed by atoms with Crippen molar-refractivity contribution in [1.29, 1.82) is 0 Å². The molecule has 0 aliphatic heterocycles. The van der Waals surface area contributed by atoms with E-state index in [4.69, 9.17) is 37.9 Å². The molecular weight excluding hydrogens is 2000 g/mol. The minimum Gasteiger partial charge on any atom is -0.463 e. The number of esters is 9. The Morgan fingerprint density at radius 1 is 0.275 bits per heavy atom. The van der Waals surface area contributed by atoms with E-state index in [0.29, 0.717) is 46.5 Å². The van der Waals surface area contributed by atoms with E-state index in [1.807, 2.05) is 83.1 Å². The lowest BCUT2D eigenvalue weighted by molar-refractivity contribution is -0.262. The summed E-state index contributed by atoms with van der Waals surface area (Å²) in [7, 11) is 0. The zero-order chi connectivity index (χ0) is 119. The first-order valence-corrected chi connectivity index (χ1v) is 50.2. The molecule has 0 bridgehead atoms. The molecule has 0 saturated heterocycles. The summed E-state index contributed by atoms with van der Waals surface area (Å²) < 4.78 is 280. The predicted molar refractivity (Wildman–Crippen MR) is 542 cm³/mol. The van der Waals surface area contributed by atoms with Crippen LogP contribution in [0.5, 0.6) is 0 Å². The first-order valence-electron chi connectivity index (χ1n) is 50.2. The summed E-state index contributed by atoms with van der Waals surface area (Å²) in [5.41, 5.74) is -24.7. The Bertz CT molecular complexity index is 4080. The zero-order valence-electron chi connectivity index (χ0n) is 97.0. The molecule has 0 aromatic carbocycles. The fourth-order valence-corrected chi connectivity index (χ4v) is 13.7. The molecule has 0 heterocycles. The third-order valence-electron chi connectivity index (χ3n) is 27.0. The minimum atomic E-state index is -4.99. The summed E-state index contributed by atoms with van der Waals surface area (Å²) in [6.45, 7) is 71.7. The van der Waals surface area contributed by atoms with E-state index < -0.39 is 253 Å². The van der Waals surface area contributed by atoms with Crippen LogP contribution >= 0.6 is 0 Å². The maximum absolute atomic E-state index is 14.0. The van der Waals surface area contributed by atoms with Crippen LogP contribution in [-0.2, 0) is 85.8 Å². The maximum Gasteiger partial charge on any atom is 0.425 e. The van der Waals surface area contributed by atoms with Crippen LogP contribution in [0, 0.1) is 77.3 Å². The molecule has 0 spiro atoms. The fraction of sp³-hybridized carbons (Fsp3) is 0.917. The van der Waals surface area contributed by atoms with Crippen molar-refractivity contribution in [3.05, 3.63) is 0 Å². The number of hydrogen-bond donors (Lipinski definition) is 5. The second-order valence-corrected chi connectivity index (χ2v) is 51.3. The van der Waals surface area contributed by atoms with E-state index in [1.54, 1.807) is 166 Å². The van der Waals surface area contributed by atoms with Crippen LogP contribution in [0.1, 0.15) is 430 Å². The molecule has 0 aliphatic rings. The number of aliphatic hydroxyl groups is 3. The number of carbonyl (C=O) groups excluding carboxylic acids is 9. The lowest BCUT2D eigenvalue weighted by Gasteiger charge is -2.43. The highest BCUT2D eigenvalue weighted by Gasteiger charge is 2.58. The Labute approximate surface area is 880 Å². The molecule has 0 radical (unpaired) electrons. The van der Waals surface area contributed by atoms with Gasteiger partial charge in [0.1, 0.15) is 48.3 Å². The van der Waals surface area contributed by atoms with Crippen molar-refractivity contribution < 1.29 is 180 Å². The van der Waals surface area contributed by atoms with Crippen LogP contribution in [0.25, 0.3) is 0 Å². The van der Waals surface area contributed by atoms with Crippen molar-refractivity contribution in [3.63, 3.8) is 0 Å². The molecular formula is C108H196F18N2O21. The van der Waals surface area contributed by atoms with Crippen LogP contribution < -0.4 is 10.6 Å². The van der Waals surface area contributed by atoms with Gasteiger partial charge in [-0.3, -0.25) is 43.2 Å². The van der Waals surface area contributed by atoms with Crippen LogP contribution in [0.4, 0.5) is 79.0 Å². The molecule has 890 valence electrons. The van der Waals surface area contributed by atoms with Gasteiger partial charge in [-0.05, 0) is 296 Å². The van der Waals surface area contributed by atoms with Crippen LogP contribution in [0.3, 0.4) is 0 Å². The van der Waals surface area contributed by atoms with Gasteiger partial charge in [0.25, 0.3) is 0 Å². The molecule has 5 N–H and O–H groups in total. The summed E-state index contributed by atoms with van der Waals surface area (Å²) in [6.07, 6.45) is -34.0. The van der Waals surface area contributed by atoms with Gasteiger partial charge in [-0.1, -0.05) is 133 Å². The summed E-state index contributed by atoms with van der Waals surface area (Å²) in [5.74, 6) is -6.21. The number of carbonyl (C=O) groups is 9. The van der Waals surface area contributed by atoms with Gasteiger partial charge in [0.05, 0.1) is 61.8 Å². The fourth-order valence-electron chi connectivity index (χ4n) is 13.7. The Morgan fingerprint density at radius 3 is 0.745 bits per heavy atom. The molecule has 23 nitrogen and oxygen atoms in total. The van der Waals surface area contributed by atoms with Crippen molar-refractivity contribution in [2.45, 2.75) is 536 Å². The topological polar surface area (TPSA) is 321 Å². The van der Waals surface area contributed by atoms with E-state index >= 15 is 0 Å². The largest absolute Gasteiger partial charge is 0.463 e. The number of ether oxygens (including phenoxy) is 9. The SMILES string of the molecule is C.C.CCC(C)(C)C(=O)OC(CC(C)C)CC(C)(O)C(F)(F)F.CCC(C)(C)C(=O)OCC(C)(C)NCC(F)(F)F.CCC(C)(CC(C)(C)C(=O)OC(C)(C)C(C)(C)C)C(=O)OC(CC(C)C)CC(C)(O)C(F)(F)F.CCC(C)(CC(C)(C)C(=O)OC(C)C(F)(F)F)C(=O)OC(C)(C)C.CCC(C)(CC(C)(CC(C)(C)C(=O)OC(C)(C)C(C)(C)C)C(=O)OCC(C)(C)NCC(F)(F)F)C(=O)OC(CC(C)C)CC(C)(O)C(F)(F)F. The number of nitrogens with one attached hydrogen (secondary N) is 2.